The summed E-state index contributed by atoms with van der Waals surface area (Å²) in [5.41, 5.74) is 2.83. The van der Waals surface area contributed by atoms with Crippen molar-refractivity contribution in [1.82, 2.24) is 0 Å². The molecule has 0 heterocycles. The molecule has 7 atom stereocenters. The molecule has 0 heteroatoms. The van der Waals surface area contributed by atoms with E-state index in [1.165, 1.54) is 25.2 Å². The number of hydrogen-bond donors (Lipinski definition) is 0. The summed E-state index contributed by atoms with van der Waals surface area (Å²) in [6, 6.07) is 0. The van der Waals surface area contributed by atoms with Crippen LogP contribution in [0.15, 0.2) is 0 Å². The zero-order chi connectivity index (χ0) is 12.2. The number of hydrogen-bond acceptors (Lipinski definition) is 0. The highest BCUT2D eigenvalue weighted by molar-refractivity contribution is 5.73. The van der Waals surface area contributed by atoms with Gasteiger partial charge in [-0.15, -0.1) is 0 Å². The summed E-state index contributed by atoms with van der Waals surface area (Å²) < 4.78 is 0. The molecule has 0 nitrogen and oxygen atoms in total. The summed E-state index contributed by atoms with van der Waals surface area (Å²) in [5, 5.41) is 0. The molecule has 0 bridgehead atoms. The summed E-state index contributed by atoms with van der Waals surface area (Å²) in [6.07, 6.45) is 5.93. The molecule has 96 valence electrons. The van der Waals surface area contributed by atoms with E-state index in [-0.39, 0.29) is 0 Å². The van der Waals surface area contributed by atoms with Crippen LogP contribution in [-0.2, 0) is 0 Å². The average molecular weight is 232 g/mol. The van der Waals surface area contributed by atoms with Crippen LogP contribution in [0.4, 0.5) is 0 Å². The van der Waals surface area contributed by atoms with E-state index < -0.39 is 0 Å². The minimum atomic E-state index is 0.906. The van der Waals surface area contributed by atoms with Crippen molar-refractivity contribution >= 4 is 0 Å². The molecule has 4 aliphatic rings. The molecule has 0 saturated heterocycles. The summed E-state index contributed by atoms with van der Waals surface area (Å²) in [7, 11) is 0. The van der Waals surface area contributed by atoms with Crippen molar-refractivity contribution in [2.45, 2.75) is 60.3 Å². The minimum absolute atomic E-state index is 0.906. The molecule has 17 heavy (non-hydrogen) atoms. The van der Waals surface area contributed by atoms with E-state index in [4.69, 9.17) is 0 Å². The van der Waals surface area contributed by atoms with E-state index in [2.05, 4.69) is 34.6 Å². The monoisotopic (exact) mass is 232 g/mol. The Kier molecular flexibility index (Phi) is 1.68. The fourth-order valence-electron chi connectivity index (χ4n) is 7.36. The van der Waals surface area contributed by atoms with Crippen LogP contribution in [0.5, 0.6) is 0 Å². The third-order valence-corrected chi connectivity index (χ3v) is 7.58. The van der Waals surface area contributed by atoms with Gasteiger partial charge in [0.25, 0.3) is 0 Å². The molecule has 4 fully saturated rings. The van der Waals surface area contributed by atoms with Gasteiger partial charge in [-0.05, 0) is 52.3 Å². The Labute approximate surface area is 107 Å². The van der Waals surface area contributed by atoms with E-state index in [9.17, 15) is 0 Å². The fraction of sp³-hybridized carbons (Fsp3) is 1.00. The van der Waals surface area contributed by atoms with Gasteiger partial charge >= 0.3 is 0 Å². The maximum Gasteiger partial charge on any atom is -0.00964 e. The van der Waals surface area contributed by atoms with E-state index >= 15 is 0 Å². The second-order valence-corrected chi connectivity index (χ2v) is 8.02. The Hall–Kier alpha value is 0. The van der Waals surface area contributed by atoms with Crippen LogP contribution in [0.2, 0.25) is 0 Å². The topological polar surface area (TPSA) is 0 Å². The minimum Gasteiger partial charge on any atom is -0.0654 e. The average Bonchev–Trinajstić information content (AvgIpc) is 3.13. The van der Waals surface area contributed by atoms with E-state index in [0.717, 1.165) is 39.9 Å². The Morgan fingerprint density at radius 1 is 1.18 bits per heavy atom. The summed E-state index contributed by atoms with van der Waals surface area (Å²) in [5.74, 6) is 5.40. The van der Waals surface area contributed by atoms with E-state index in [1.54, 1.807) is 6.42 Å². The lowest BCUT2D eigenvalue weighted by atomic mass is 9.76. The summed E-state index contributed by atoms with van der Waals surface area (Å²) in [6.45, 7) is 12.3. The molecule has 0 N–H and O–H groups in total. The molecular weight excluding hydrogens is 204 g/mol. The Morgan fingerprint density at radius 2 is 1.88 bits per heavy atom. The van der Waals surface area contributed by atoms with Crippen LogP contribution < -0.4 is 0 Å². The van der Waals surface area contributed by atoms with Gasteiger partial charge in [-0.3, -0.25) is 0 Å². The quantitative estimate of drug-likeness (QED) is 0.620. The maximum atomic E-state index is 2.54. The first-order valence-electron chi connectivity index (χ1n) is 8.07. The summed E-state index contributed by atoms with van der Waals surface area (Å²) >= 11 is 0. The van der Waals surface area contributed by atoms with Crippen LogP contribution in [0.25, 0.3) is 0 Å². The predicted molar refractivity (Wildman–Crippen MR) is 71.6 cm³/mol. The van der Waals surface area contributed by atoms with Gasteiger partial charge in [0, 0.05) is 0 Å². The molecular formula is C17H28. The normalized spacial score (nSPS) is 58.9. The van der Waals surface area contributed by atoms with Crippen molar-refractivity contribution in [2.75, 3.05) is 0 Å². The van der Waals surface area contributed by atoms with E-state index in [0.29, 0.717) is 0 Å². The highest BCUT2D eigenvalue weighted by Gasteiger charge is 3.27. The SMILES string of the molecule is CCCC(C)C(CC)C12CC13C1C(C(C)C)C123. The van der Waals surface area contributed by atoms with Crippen LogP contribution in [0.3, 0.4) is 0 Å². The second kappa shape index (κ2) is 2.63. The molecule has 4 aliphatic carbocycles. The molecule has 4 saturated carbocycles. The lowest BCUT2D eigenvalue weighted by molar-refractivity contribution is 0.201. The first-order valence-corrected chi connectivity index (χ1v) is 8.07. The summed E-state index contributed by atoms with van der Waals surface area (Å²) in [4.78, 5) is 0. The Balaban J connectivity index is 1.52. The molecule has 0 aliphatic heterocycles. The second-order valence-electron chi connectivity index (χ2n) is 8.02. The standard InChI is InChI=1S/C17H28/c1-6-8-11(5)12(7-2)15-9-16(15)14-13(10(3)4)17(14,15)16/h10-14H,6-9H2,1-5H3. The van der Waals surface area contributed by atoms with Crippen LogP contribution in [-0.4, -0.2) is 0 Å². The smallest absolute Gasteiger partial charge is 0.00964 e. The van der Waals surface area contributed by atoms with Crippen LogP contribution >= 0.6 is 0 Å². The zero-order valence-electron chi connectivity index (χ0n) is 12.2. The van der Waals surface area contributed by atoms with Gasteiger partial charge in [0.1, 0.15) is 0 Å². The first-order chi connectivity index (χ1) is 8.07. The van der Waals surface area contributed by atoms with Gasteiger partial charge in [0.15, 0.2) is 0 Å². The molecule has 0 aromatic heterocycles. The van der Waals surface area contributed by atoms with Gasteiger partial charge in [-0.25, -0.2) is 0 Å². The van der Waals surface area contributed by atoms with Crippen molar-refractivity contribution < 1.29 is 0 Å². The van der Waals surface area contributed by atoms with Gasteiger partial charge in [0.2, 0.25) is 0 Å². The molecule has 4 rings (SSSR count). The van der Waals surface area contributed by atoms with Crippen LogP contribution in [0, 0.1) is 45.8 Å². The van der Waals surface area contributed by atoms with Gasteiger partial charge in [-0.1, -0.05) is 53.9 Å². The van der Waals surface area contributed by atoms with Gasteiger partial charge in [0.05, 0.1) is 0 Å². The molecule has 2 spiro atoms. The van der Waals surface area contributed by atoms with Crippen molar-refractivity contribution in [3.8, 4) is 0 Å². The maximum absolute atomic E-state index is 2.54. The highest BCUT2D eigenvalue weighted by Crippen LogP contribution is 3.30. The molecule has 0 aromatic rings. The third-order valence-electron chi connectivity index (χ3n) is 7.58. The first kappa shape index (κ1) is 10.9. The lowest BCUT2D eigenvalue weighted by Gasteiger charge is -2.28. The molecule has 0 amide bonds. The van der Waals surface area contributed by atoms with Crippen molar-refractivity contribution in [3.63, 3.8) is 0 Å². The van der Waals surface area contributed by atoms with Gasteiger partial charge < -0.3 is 0 Å². The molecule has 0 aromatic carbocycles. The van der Waals surface area contributed by atoms with Crippen molar-refractivity contribution in [1.29, 1.82) is 0 Å². The van der Waals surface area contributed by atoms with Crippen molar-refractivity contribution in [2.24, 2.45) is 45.8 Å². The van der Waals surface area contributed by atoms with Gasteiger partial charge in [-0.2, -0.15) is 0 Å². The van der Waals surface area contributed by atoms with E-state index in [1.807, 2.05) is 0 Å². The fourth-order valence-corrected chi connectivity index (χ4v) is 7.36. The zero-order valence-corrected chi connectivity index (χ0v) is 12.2. The Morgan fingerprint density at radius 3 is 2.35 bits per heavy atom. The molecule has 0 radical (unpaired) electrons. The molecule has 7 unspecified atom stereocenters. The highest BCUT2D eigenvalue weighted by atomic mass is 15.3. The Bertz CT molecular complexity index is 383. The number of rotatable bonds is 6. The van der Waals surface area contributed by atoms with Crippen LogP contribution in [0.1, 0.15) is 60.3 Å². The lowest BCUT2D eigenvalue weighted by Crippen LogP contribution is -2.21. The third kappa shape index (κ3) is 0.720. The predicted octanol–water partition coefficient (Wildman–Crippen LogP) is 4.74. The van der Waals surface area contributed by atoms with Crippen molar-refractivity contribution in [3.05, 3.63) is 0 Å². The largest absolute Gasteiger partial charge is 0.0654 e.